The predicted octanol–water partition coefficient (Wildman–Crippen LogP) is 3.59. The summed E-state index contributed by atoms with van der Waals surface area (Å²) in [6.07, 6.45) is 1.25. The Hall–Kier alpha value is -2.85. The number of methoxy groups -OCH3 is 1. The molecule has 35 heavy (non-hydrogen) atoms. The van der Waals surface area contributed by atoms with Crippen molar-refractivity contribution in [3.8, 4) is 5.75 Å². The van der Waals surface area contributed by atoms with Crippen molar-refractivity contribution in [1.29, 1.82) is 0 Å². The highest BCUT2D eigenvalue weighted by Gasteiger charge is 2.32. The van der Waals surface area contributed by atoms with Gasteiger partial charge in [0.1, 0.15) is 24.2 Å². The van der Waals surface area contributed by atoms with Gasteiger partial charge in [0.2, 0.25) is 21.8 Å². The van der Waals surface area contributed by atoms with Crippen LogP contribution in [-0.4, -0.2) is 57.1 Å². The summed E-state index contributed by atoms with van der Waals surface area (Å²) in [6.45, 7) is 4.74. The largest absolute Gasteiger partial charge is 0.495 e. The second-order valence-electron chi connectivity index (χ2n) is 8.32. The third kappa shape index (κ3) is 7.83. The first-order valence-corrected chi connectivity index (χ1v) is 13.3. The molecule has 0 spiro atoms. The van der Waals surface area contributed by atoms with Gasteiger partial charge in [0, 0.05) is 17.6 Å². The molecule has 0 saturated heterocycles. The molecule has 1 N–H and O–H groups in total. The highest BCUT2D eigenvalue weighted by molar-refractivity contribution is 7.92. The van der Waals surface area contributed by atoms with E-state index in [0.717, 1.165) is 10.6 Å². The molecule has 0 fully saturated rings. The van der Waals surface area contributed by atoms with Crippen molar-refractivity contribution >= 4 is 39.1 Å². The van der Waals surface area contributed by atoms with Gasteiger partial charge in [-0.1, -0.05) is 30.7 Å². The van der Waals surface area contributed by atoms with Gasteiger partial charge in [0.05, 0.1) is 19.1 Å². The summed E-state index contributed by atoms with van der Waals surface area (Å²) in [7, 11) is -2.57. The number of anilines is 1. The molecule has 1 atom stereocenters. The number of halogens is 2. The maximum absolute atomic E-state index is 13.6. The fraction of sp³-hybridized carbons (Fsp3) is 0.417. The maximum atomic E-state index is 13.6. The molecular formula is C24H31ClFN3O5S. The lowest BCUT2D eigenvalue weighted by molar-refractivity contribution is -0.140. The van der Waals surface area contributed by atoms with Gasteiger partial charge in [0.25, 0.3) is 0 Å². The molecule has 0 aliphatic carbocycles. The zero-order chi connectivity index (χ0) is 26.3. The highest BCUT2D eigenvalue weighted by Crippen LogP contribution is 2.33. The molecule has 8 nitrogen and oxygen atoms in total. The second-order valence-corrected chi connectivity index (χ2v) is 10.7. The first-order chi connectivity index (χ1) is 16.4. The molecule has 0 aliphatic heterocycles. The summed E-state index contributed by atoms with van der Waals surface area (Å²) in [5.41, 5.74) is 0.680. The number of hydrogen-bond acceptors (Lipinski definition) is 5. The lowest BCUT2D eigenvalue weighted by Gasteiger charge is -2.33. The molecule has 11 heteroatoms. The third-order valence-corrected chi connectivity index (χ3v) is 6.53. The van der Waals surface area contributed by atoms with Gasteiger partial charge in [-0.05, 0) is 56.2 Å². The summed E-state index contributed by atoms with van der Waals surface area (Å²) < 4.78 is 45.1. The molecule has 2 aromatic rings. The van der Waals surface area contributed by atoms with Crippen molar-refractivity contribution in [2.45, 2.75) is 45.8 Å². The Labute approximate surface area is 211 Å². The van der Waals surface area contributed by atoms with Crippen LogP contribution >= 0.6 is 11.6 Å². The number of benzene rings is 2. The Balaban J connectivity index is 2.50. The van der Waals surface area contributed by atoms with Crippen LogP contribution in [0.3, 0.4) is 0 Å². The number of rotatable bonds is 11. The standard InChI is InChI=1S/C24H31ClFN3O5S/c1-6-20(24(31)27-16(2)3)28(14-17-7-10-19(26)11-8-17)23(30)15-29(35(5,32)33)21-13-18(25)9-12-22(21)34-4/h7-13,16,20H,6,14-15H2,1-5H3,(H,27,31). The molecule has 0 aliphatic rings. The molecule has 0 bridgehead atoms. The fourth-order valence-electron chi connectivity index (χ4n) is 3.54. The lowest BCUT2D eigenvalue weighted by Crippen LogP contribution is -2.53. The summed E-state index contributed by atoms with van der Waals surface area (Å²) in [5, 5.41) is 3.06. The quantitative estimate of drug-likeness (QED) is 0.482. The topological polar surface area (TPSA) is 96.0 Å². The van der Waals surface area contributed by atoms with Crippen LogP contribution in [0.1, 0.15) is 32.8 Å². The fourth-order valence-corrected chi connectivity index (χ4v) is 4.55. The summed E-state index contributed by atoms with van der Waals surface area (Å²) in [4.78, 5) is 27.9. The summed E-state index contributed by atoms with van der Waals surface area (Å²) in [5.74, 6) is -1.22. The number of nitrogens with one attached hydrogen (secondary N) is 1. The average Bonchev–Trinajstić information content (AvgIpc) is 2.77. The average molecular weight is 528 g/mol. The van der Waals surface area contributed by atoms with Crippen molar-refractivity contribution in [2.24, 2.45) is 0 Å². The van der Waals surface area contributed by atoms with E-state index in [1.165, 1.54) is 54.5 Å². The number of hydrogen-bond donors (Lipinski definition) is 1. The molecule has 0 aromatic heterocycles. The molecule has 0 radical (unpaired) electrons. The van der Waals surface area contributed by atoms with E-state index >= 15 is 0 Å². The Morgan fingerprint density at radius 1 is 1.14 bits per heavy atom. The zero-order valence-corrected chi connectivity index (χ0v) is 22.0. The first-order valence-electron chi connectivity index (χ1n) is 11.0. The smallest absolute Gasteiger partial charge is 0.244 e. The van der Waals surface area contributed by atoms with Crippen LogP contribution in [0.4, 0.5) is 10.1 Å². The van der Waals surface area contributed by atoms with Crippen LogP contribution in [0.5, 0.6) is 5.75 Å². The Morgan fingerprint density at radius 2 is 1.77 bits per heavy atom. The minimum Gasteiger partial charge on any atom is -0.495 e. The van der Waals surface area contributed by atoms with Crippen molar-refractivity contribution in [3.63, 3.8) is 0 Å². The van der Waals surface area contributed by atoms with Gasteiger partial charge in [-0.25, -0.2) is 12.8 Å². The third-order valence-electron chi connectivity index (χ3n) is 5.17. The number of amides is 2. The maximum Gasteiger partial charge on any atom is 0.244 e. The monoisotopic (exact) mass is 527 g/mol. The molecule has 2 rings (SSSR count). The highest BCUT2D eigenvalue weighted by atomic mass is 35.5. The van der Waals surface area contributed by atoms with E-state index in [4.69, 9.17) is 16.3 Å². The van der Waals surface area contributed by atoms with Crippen LogP contribution in [-0.2, 0) is 26.2 Å². The van der Waals surface area contributed by atoms with Gasteiger partial charge in [-0.3, -0.25) is 13.9 Å². The van der Waals surface area contributed by atoms with E-state index in [1.807, 2.05) is 0 Å². The van der Waals surface area contributed by atoms with Gasteiger partial charge < -0.3 is 15.0 Å². The van der Waals surface area contributed by atoms with E-state index in [-0.39, 0.29) is 41.4 Å². The zero-order valence-electron chi connectivity index (χ0n) is 20.4. The minimum absolute atomic E-state index is 0.0204. The van der Waals surface area contributed by atoms with Crippen LogP contribution in [0.2, 0.25) is 5.02 Å². The normalized spacial score (nSPS) is 12.2. The Bertz CT molecular complexity index is 1140. The predicted molar refractivity (Wildman–Crippen MR) is 135 cm³/mol. The number of sulfonamides is 1. The van der Waals surface area contributed by atoms with E-state index in [9.17, 15) is 22.4 Å². The molecular weight excluding hydrogens is 497 g/mol. The van der Waals surface area contributed by atoms with E-state index < -0.39 is 34.3 Å². The van der Waals surface area contributed by atoms with Crippen molar-refractivity contribution in [3.05, 3.63) is 58.9 Å². The molecule has 0 heterocycles. The second kappa shape index (κ2) is 12.2. The minimum atomic E-state index is -3.95. The van der Waals surface area contributed by atoms with E-state index in [1.54, 1.807) is 20.8 Å². The van der Waals surface area contributed by atoms with Crippen molar-refractivity contribution < 1.29 is 27.1 Å². The SMILES string of the molecule is CCC(C(=O)NC(C)C)N(Cc1ccc(F)cc1)C(=O)CN(c1cc(Cl)ccc1OC)S(C)(=O)=O. The number of carbonyl (C=O) groups excluding carboxylic acids is 2. The number of carbonyl (C=O) groups is 2. The van der Waals surface area contributed by atoms with Gasteiger partial charge >= 0.3 is 0 Å². The van der Waals surface area contributed by atoms with E-state index in [2.05, 4.69) is 5.32 Å². The molecule has 1 unspecified atom stereocenters. The number of ether oxygens (including phenoxy) is 1. The van der Waals surface area contributed by atoms with Crippen molar-refractivity contribution in [1.82, 2.24) is 10.2 Å². The van der Waals surface area contributed by atoms with Gasteiger partial charge in [0.15, 0.2) is 0 Å². The molecule has 2 aromatic carbocycles. The first kappa shape index (κ1) is 28.4. The van der Waals surface area contributed by atoms with Crippen LogP contribution in [0, 0.1) is 5.82 Å². The molecule has 2 amide bonds. The molecule has 0 saturated carbocycles. The Kier molecular flexibility index (Phi) is 9.91. The lowest BCUT2D eigenvalue weighted by atomic mass is 10.1. The van der Waals surface area contributed by atoms with Gasteiger partial charge in [-0.15, -0.1) is 0 Å². The van der Waals surface area contributed by atoms with Crippen LogP contribution in [0.15, 0.2) is 42.5 Å². The van der Waals surface area contributed by atoms with Crippen LogP contribution in [0.25, 0.3) is 0 Å². The number of nitrogens with zero attached hydrogens (tertiary/aromatic N) is 2. The Morgan fingerprint density at radius 3 is 2.29 bits per heavy atom. The summed E-state index contributed by atoms with van der Waals surface area (Å²) in [6, 6.07) is 8.92. The summed E-state index contributed by atoms with van der Waals surface area (Å²) >= 11 is 6.09. The van der Waals surface area contributed by atoms with E-state index in [0.29, 0.717) is 5.56 Å². The van der Waals surface area contributed by atoms with Gasteiger partial charge in [-0.2, -0.15) is 0 Å². The van der Waals surface area contributed by atoms with Crippen LogP contribution < -0.4 is 14.4 Å². The van der Waals surface area contributed by atoms with Crippen molar-refractivity contribution in [2.75, 3.05) is 24.2 Å². The molecule has 192 valence electrons.